The van der Waals surface area contributed by atoms with Gasteiger partial charge in [-0.2, -0.15) is 0 Å². The van der Waals surface area contributed by atoms with Crippen molar-refractivity contribution in [2.24, 2.45) is 0 Å². The van der Waals surface area contributed by atoms with Gasteiger partial charge >= 0.3 is 11.9 Å². The summed E-state index contributed by atoms with van der Waals surface area (Å²) in [7, 11) is 0. The summed E-state index contributed by atoms with van der Waals surface area (Å²) in [6.45, 7) is 0.142. The van der Waals surface area contributed by atoms with Crippen molar-refractivity contribution < 1.29 is 18.9 Å². The number of hydrogen-bond acceptors (Lipinski definition) is 5. The first-order valence-corrected chi connectivity index (χ1v) is 7.19. The Bertz CT molecular complexity index is 921. The van der Waals surface area contributed by atoms with E-state index in [2.05, 4.69) is 0 Å². The van der Waals surface area contributed by atoms with Gasteiger partial charge in [-0.1, -0.05) is 42.5 Å². The highest BCUT2D eigenvalue weighted by Gasteiger charge is 2.10. The van der Waals surface area contributed by atoms with Crippen LogP contribution in [0.3, 0.4) is 0 Å². The van der Waals surface area contributed by atoms with E-state index in [1.165, 1.54) is 24.3 Å². The third kappa shape index (κ3) is 3.49. The van der Waals surface area contributed by atoms with Crippen LogP contribution in [0.2, 0.25) is 0 Å². The molecule has 2 aromatic carbocycles. The van der Waals surface area contributed by atoms with Crippen molar-refractivity contribution in [2.75, 3.05) is 0 Å². The molecule has 6 heteroatoms. The Hall–Kier alpha value is -3.41. The standard InChI is InChI=1S/C18H13NO5/c20-18(11-9-15-8-10-17(24-15)19(21)22)23-12-14-6-3-5-13-4-1-2-7-16(13)14/h1-11H,12H2/b11-9+. The molecule has 6 nitrogen and oxygen atoms in total. The first-order chi connectivity index (χ1) is 11.6. The SMILES string of the molecule is O=C(/C=C/c1ccc([N+](=O)[O-])o1)OCc1cccc2ccccc12. The van der Waals surface area contributed by atoms with Crippen molar-refractivity contribution in [1.29, 1.82) is 0 Å². The van der Waals surface area contributed by atoms with Gasteiger partial charge in [-0.25, -0.2) is 4.79 Å². The molecule has 1 heterocycles. The Kier molecular flexibility index (Phi) is 4.38. The van der Waals surface area contributed by atoms with Crippen molar-refractivity contribution in [3.05, 3.63) is 82.1 Å². The van der Waals surface area contributed by atoms with Crippen LogP contribution in [-0.4, -0.2) is 10.9 Å². The lowest BCUT2D eigenvalue weighted by atomic mass is 10.1. The van der Waals surface area contributed by atoms with E-state index in [9.17, 15) is 14.9 Å². The number of esters is 1. The first-order valence-electron chi connectivity index (χ1n) is 7.19. The molecule has 0 saturated heterocycles. The second-order valence-corrected chi connectivity index (χ2v) is 5.01. The van der Waals surface area contributed by atoms with Gasteiger partial charge < -0.3 is 9.15 Å². The van der Waals surface area contributed by atoms with E-state index in [1.54, 1.807) is 0 Å². The van der Waals surface area contributed by atoms with Gasteiger partial charge in [0.05, 0.1) is 6.07 Å². The maximum Gasteiger partial charge on any atom is 0.433 e. The number of ether oxygens (including phenoxy) is 1. The molecule has 3 aromatic rings. The Morgan fingerprint density at radius 2 is 1.92 bits per heavy atom. The Morgan fingerprint density at radius 3 is 2.71 bits per heavy atom. The minimum atomic E-state index is -0.643. The number of nitrogens with zero attached hydrogens (tertiary/aromatic N) is 1. The van der Waals surface area contributed by atoms with Crippen LogP contribution in [0.5, 0.6) is 0 Å². The topological polar surface area (TPSA) is 82.6 Å². The second-order valence-electron chi connectivity index (χ2n) is 5.01. The predicted octanol–water partition coefficient (Wildman–Crippen LogP) is 4.10. The highest BCUT2D eigenvalue weighted by atomic mass is 16.6. The summed E-state index contributed by atoms with van der Waals surface area (Å²) in [5.41, 5.74) is 0.906. The second kappa shape index (κ2) is 6.78. The maximum atomic E-state index is 11.8. The first kappa shape index (κ1) is 15.5. The van der Waals surface area contributed by atoms with E-state index in [0.29, 0.717) is 0 Å². The molecule has 0 aliphatic carbocycles. The third-order valence-electron chi connectivity index (χ3n) is 3.43. The molecule has 0 spiro atoms. The Labute approximate surface area is 137 Å². The smallest absolute Gasteiger partial charge is 0.433 e. The van der Waals surface area contributed by atoms with Crippen LogP contribution >= 0.6 is 0 Å². The van der Waals surface area contributed by atoms with Crippen LogP contribution in [0.25, 0.3) is 16.8 Å². The highest BCUT2D eigenvalue weighted by Crippen LogP contribution is 2.19. The maximum absolute atomic E-state index is 11.8. The zero-order valence-electron chi connectivity index (χ0n) is 12.5. The van der Waals surface area contributed by atoms with E-state index in [4.69, 9.17) is 9.15 Å². The third-order valence-corrected chi connectivity index (χ3v) is 3.43. The number of fused-ring (bicyclic) bond motifs is 1. The molecule has 0 fully saturated rings. The fraction of sp³-hybridized carbons (Fsp3) is 0.0556. The highest BCUT2D eigenvalue weighted by molar-refractivity contribution is 5.88. The normalized spacial score (nSPS) is 11.0. The summed E-state index contributed by atoms with van der Waals surface area (Å²) >= 11 is 0. The molecular formula is C18H13NO5. The molecular weight excluding hydrogens is 310 g/mol. The average Bonchev–Trinajstić information content (AvgIpc) is 3.07. The van der Waals surface area contributed by atoms with Crippen LogP contribution in [0.4, 0.5) is 5.88 Å². The fourth-order valence-corrected chi connectivity index (χ4v) is 2.30. The molecule has 0 atom stereocenters. The number of nitro groups is 1. The summed E-state index contributed by atoms with van der Waals surface area (Å²) in [6.07, 6.45) is 2.51. The van der Waals surface area contributed by atoms with Crippen LogP contribution in [0, 0.1) is 10.1 Å². The molecule has 1 aromatic heterocycles. The molecule has 24 heavy (non-hydrogen) atoms. The molecule has 0 amide bonds. The monoisotopic (exact) mass is 323 g/mol. The summed E-state index contributed by atoms with van der Waals surface area (Å²) in [5, 5.41) is 12.6. The Balaban J connectivity index is 1.64. The minimum absolute atomic E-state index is 0.142. The molecule has 0 bridgehead atoms. The van der Waals surface area contributed by atoms with Gasteiger partial charge in [0.1, 0.15) is 17.3 Å². The zero-order valence-corrected chi connectivity index (χ0v) is 12.5. The van der Waals surface area contributed by atoms with Gasteiger partial charge in [-0.3, -0.25) is 10.1 Å². The van der Waals surface area contributed by atoms with Gasteiger partial charge in [0, 0.05) is 6.08 Å². The van der Waals surface area contributed by atoms with Crippen molar-refractivity contribution in [3.63, 3.8) is 0 Å². The van der Waals surface area contributed by atoms with Gasteiger partial charge in [0.15, 0.2) is 0 Å². The lowest BCUT2D eigenvalue weighted by molar-refractivity contribution is -0.402. The lowest BCUT2D eigenvalue weighted by Gasteiger charge is -2.06. The van der Waals surface area contributed by atoms with E-state index in [-0.39, 0.29) is 18.3 Å². The van der Waals surface area contributed by atoms with Gasteiger partial charge in [-0.05, 0) is 28.5 Å². The number of furan rings is 1. The van der Waals surface area contributed by atoms with Crippen LogP contribution < -0.4 is 0 Å². The fourth-order valence-electron chi connectivity index (χ4n) is 2.30. The molecule has 0 saturated carbocycles. The van der Waals surface area contributed by atoms with Crippen molar-refractivity contribution in [2.45, 2.75) is 6.61 Å². The van der Waals surface area contributed by atoms with Crippen molar-refractivity contribution in [3.8, 4) is 0 Å². The largest absolute Gasteiger partial charge is 0.458 e. The van der Waals surface area contributed by atoms with E-state index >= 15 is 0 Å². The molecule has 0 radical (unpaired) electrons. The zero-order chi connectivity index (χ0) is 16.9. The van der Waals surface area contributed by atoms with Gasteiger partial charge in [0.25, 0.3) is 0 Å². The van der Waals surface area contributed by atoms with E-state index in [0.717, 1.165) is 16.3 Å². The quantitative estimate of drug-likeness (QED) is 0.305. The molecule has 0 N–H and O–H groups in total. The van der Waals surface area contributed by atoms with Gasteiger partial charge in [-0.15, -0.1) is 0 Å². The summed E-state index contributed by atoms with van der Waals surface area (Å²) in [6, 6.07) is 16.3. The molecule has 0 unspecified atom stereocenters. The molecule has 120 valence electrons. The van der Waals surface area contributed by atoms with Crippen molar-refractivity contribution >= 4 is 28.7 Å². The van der Waals surface area contributed by atoms with Crippen molar-refractivity contribution in [1.82, 2.24) is 0 Å². The molecule has 3 rings (SSSR count). The van der Waals surface area contributed by atoms with Crippen LogP contribution in [-0.2, 0) is 16.1 Å². The summed E-state index contributed by atoms with van der Waals surface area (Å²) in [5.74, 6) is -0.718. The number of hydrogen-bond donors (Lipinski definition) is 0. The number of rotatable bonds is 5. The Morgan fingerprint density at radius 1 is 1.12 bits per heavy atom. The lowest BCUT2D eigenvalue weighted by Crippen LogP contribution is -2.01. The summed E-state index contributed by atoms with van der Waals surface area (Å²) < 4.78 is 10.1. The molecule has 0 aliphatic heterocycles. The number of benzene rings is 2. The summed E-state index contributed by atoms with van der Waals surface area (Å²) in [4.78, 5) is 21.7. The van der Waals surface area contributed by atoms with E-state index < -0.39 is 10.9 Å². The predicted molar refractivity (Wildman–Crippen MR) is 88.1 cm³/mol. The van der Waals surface area contributed by atoms with Crippen LogP contribution in [0.15, 0.2) is 65.1 Å². The number of carbonyl (C=O) groups excluding carboxylic acids is 1. The van der Waals surface area contributed by atoms with Gasteiger partial charge in [0.2, 0.25) is 0 Å². The number of carbonyl (C=O) groups is 1. The average molecular weight is 323 g/mol. The van der Waals surface area contributed by atoms with E-state index in [1.807, 2.05) is 42.5 Å². The minimum Gasteiger partial charge on any atom is -0.458 e. The van der Waals surface area contributed by atoms with Crippen LogP contribution in [0.1, 0.15) is 11.3 Å². The molecule has 0 aliphatic rings.